The maximum Gasteiger partial charge on any atom is 0.123 e. The van der Waals surface area contributed by atoms with Crippen LogP contribution < -0.4 is 0 Å². The molecule has 0 aromatic heterocycles. The van der Waals surface area contributed by atoms with Crippen molar-refractivity contribution >= 4 is 0 Å². The van der Waals surface area contributed by atoms with Crippen LogP contribution in [-0.2, 0) is 17.3 Å². The van der Waals surface area contributed by atoms with E-state index in [0.29, 0.717) is 5.75 Å². The Hall–Kier alpha value is -1.76. The topological polar surface area (TPSA) is 20.2 Å². The lowest BCUT2D eigenvalue weighted by atomic mass is 9.78. The summed E-state index contributed by atoms with van der Waals surface area (Å²) in [5, 5.41) is 10.8. The van der Waals surface area contributed by atoms with Crippen molar-refractivity contribution in [3.05, 3.63) is 63.7 Å². The van der Waals surface area contributed by atoms with Crippen molar-refractivity contribution in [2.75, 3.05) is 0 Å². The van der Waals surface area contributed by atoms with E-state index in [1.165, 1.54) is 22.3 Å². The number of phenolic OH excluding ortho intramolecular Hbond substituents is 1. The van der Waals surface area contributed by atoms with E-state index in [-0.39, 0.29) is 10.8 Å². The summed E-state index contributed by atoms with van der Waals surface area (Å²) in [6.07, 6.45) is 0.903. The van der Waals surface area contributed by atoms with Crippen molar-refractivity contribution in [3.63, 3.8) is 0 Å². The fraction of sp³-hybridized carbons (Fsp3) is 0.478. The Kier molecular flexibility index (Phi) is 4.86. The predicted octanol–water partition coefficient (Wildman–Crippen LogP) is 6.19. The molecule has 24 heavy (non-hydrogen) atoms. The average molecular weight is 325 g/mol. The first kappa shape index (κ1) is 18.6. The van der Waals surface area contributed by atoms with Gasteiger partial charge in [-0.05, 0) is 64.5 Å². The minimum Gasteiger partial charge on any atom is -0.507 e. The lowest BCUT2D eigenvalue weighted by Gasteiger charge is -2.28. The summed E-state index contributed by atoms with van der Waals surface area (Å²) in [7, 11) is 0. The van der Waals surface area contributed by atoms with Gasteiger partial charge < -0.3 is 5.11 Å². The monoisotopic (exact) mass is 324 g/mol. The second-order valence-electron chi connectivity index (χ2n) is 9.08. The van der Waals surface area contributed by atoms with Gasteiger partial charge in [-0.1, -0.05) is 71.9 Å². The van der Waals surface area contributed by atoms with Crippen LogP contribution in [0.15, 0.2) is 30.3 Å². The number of aryl methyl sites for hydroxylation is 1. The van der Waals surface area contributed by atoms with Crippen LogP contribution >= 0.6 is 0 Å². The summed E-state index contributed by atoms with van der Waals surface area (Å²) in [5.41, 5.74) is 7.24. The highest BCUT2D eigenvalue weighted by atomic mass is 16.3. The Bertz CT molecular complexity index is 705. The first-order valence-corrected chi connectivity index (χ1v) is 8.83. The Morgan fingerprint density at radius 2 is 1.33 bits per heavy atom. The van der Waals surface area contributed by atoms with E-state index in [2.05, 4.69) is 85.7 Å². The number of hydrogen-bond acceptors (Lipinski definition) is 1. The maximum atomic E-state index is 10.8. The third-order valence-electron chi connectivity index (χ3n) is 4.90. The largest absolute Gasteiger partial charge is 0.507 e. The normalized spacial score (nSPS) is 12.5. The number of hydrogen-bond donors (Lipinski definition) is 1. The van der Waals surface area contributed by atoms with Gasteiger partial charge >= 0.3 is 0 Å². The van der Waals surface area contributed by atoms with E-state index in [1.54, 1.807) is 0 Å². The minimum absolute atomic E-state index is 0.0816. The highest BCUT2D eigenvalue weighted by molar-refractivity contribution is 5.51. The van der Waals surface area contributed by atoms with E-state index in [1.807, 2.05) is 0 Å². The fourth-order valence-electron chi connectivity index (χ4n) is 3.16. The summed E-state index contributed by atoms with van der Waals surface area (Å²) in [4.78, 5) is 0. The summed E-state index contributed by atoms with van der Waals surface area (Å²) in [5.74, 6) is 0.458. The lowest BCUT2D eigenvalue weighted by Crippen LogP contribution is -2.18. The molecule has 0 aliphatic rings. The first-order valence-electron chi connectivity index (χ1n) is 8.83. The summed E-state index contributed by atoms with van der Waals surface area (Å²) < 4.78 is 0. The molecule has 0 aliphatic carbocycles. The smallest absolute Gasteiger partial charge is 0.123 e. The number of phenols is 1. The number of rotatable bonds is 2. The molecule has 1 heteroatoms. The molecular weight excluding hydrogens is 292 g/mol. The molecule has 0 aliphatic heterocycles. The molecule has 0 heterocycles. The quantitative estimate of drug-likeness (QED) is 0.698. The zero-order chi connectivity index (χ0) is 18.3. The SMILES string of the molecule is Cc1cccc(Cc2cc(C(C)(C)C)c(O)c(C(C)(C)C)c2)c1C. The van der Waals surface area contributed by atoms with E-state index in [4.69, 9.17) is 0 Å². The molecule has 0 radical (unpaired) electrons. The molecule has 0 saturated heterocycles. The molecule has 0 unspecified atom stereocenters. The average Bonchev–Trinajstić information content (AvgIpc) is 2.43. The summed E-state index contributed by atoms with van der Waals surface area (Å²) in [6.45, 7) is 17.3. The molecule has 130 valence electrons. The van der Waals surface area contributed by atoms with Gasteiger partial charge in [0.2, 0.25) is 0 Å². The summed E-state index contributed by atoms with van der Waals surface area (Å²) in [6, 6.07) is 10.9. The van der Waals surface area contributed by atoms with Crippen molar-refractivity contribution in [2.45, 2.75) is 72.6 Å². The van der Waals surface area contributed by atoms with Gasteiger partial charge in [0.1, 0.15) is 5.75 Å². The van der Waals surface area contributed by atoms with Gasteiger partial charge in [-0.15, -0.1) is 0 Å². The highest BCUT2D eigenvalue weighted by Crippen LogP contribution is 2.40. The zero-order valence-corrected chi connectivity index (χ0v) is 16.5. The third kappa shape index (κ3) is 3.83. The van der Waals surface area contributed by atoms with Crippen molar-refractivity contribution in [3.8, 4) is 5.75 Å². The van der Waals surface area contributed by atoms with Gasteiger partial charge in [0.25, 0.3) is 0 Å². The van der Waals surface area contributed by atoms with Crippen molar-refractivity contribution in [1.29, 1.82) is 0 Å². The van der Waals surface area contributed by atoms with Crippen LogP contribution in [0.5, 0.6) is 5.75 Å². The molecule has 2 aromatic rings. The van der Waals surface area contributed by atoms with Crippen LogP contribution in [0.2, 0.25) is 0 Å². The first-order chi connectivity index (χ1) is 10.9. The molecule has 1 nitrogen and oxygen atoms in total. The van der Waals surface area contributed by atoms with Crippen molar-refractivity contribution < 1.29 is 5.11 Å². The Balaban J connectivity index is 2.60. The predicted molar refractivity (Wildman–Crippen MR) is 104 cm³/mol. The number of aromatic hydroxyl groups is 1. The van der Waals surface area contributed by atoms with Crippen LogP contribution in [0.3, 0.4) is 0 Å². The molecule has 0 saturated carbocycles. The van der Waals surface area contributed by atoms with E-state index >= 15 is 0 Å². The van der Waals surface area contributed by atoms with Crippen LogP contribution in [0.4, 0.5) is 0 Å². The standard InChI is InChI=1S/C23H32O/c1-15-10-9-11-18(16(15)2)12-17-13-19(22(3,4)5)21(24)20(14-17)23(6,7)8/h9-11,13-14,24H,12H2,1-8H3. The number of benzene rings is 2. The van der Waals surface area contributed by atoms with Gasteiger partial charge in [-0.3, -0.25) is 0 Å². The van der Waals surface area contributed by atoms with Crippen LogP contribution in [-0.4, -0.2) is 5.11 Å². The van der Waals surface area contributed by atoms with Gasteiger partial charge in [0.15, 0.2) is 0 Å². The van der Waals surface area contributed by atoms with Gasteiger partial charge in [0.05, 0.1) is 0 Å². The minimum atomic E-state index is -0.0816. The molecule has 0 amide bonds. The zero-order valence-electron chi connectivity index (χ0n) is 16.5. The Morgan fingerprint density at radius 1 is 0.833 bits per heavy atom. The summed E-state index contributed by atoms with van der Waals surface area (Å²) >= 11 is 0. The Morgan fingerprint density at radius 3 is 1.79 bits per heavy atom. The second kappa shape index (κ2) is 6.27. The van der Waals surface area contributed by atoms with Crippen molar-refractivity contribution in [1.82, 2.24) is 0 Å². The van der Waals surface area contributed by atoms with Crippen LogP contribution in [0, 0.1) is 13.8 Å². The van der Waals surface area contributed by atoms with Gasteiger partial charge in [-0.25, -0.2) is 0 Å². The molecule has 2 rings (SSSR count). The van der Waals surface area contributed by atoms with E-state index in [0.717, 1.165) is 17.5 Å². The maximum absolute atomic E-state index is 10.8. The molecular formula is C23H32O. The molecule has 0 spiro atoms. The van der Waals surface area contributed by atoms with Gasteiger partial charge in [-0.2, -0.15) is 0 Å². The van der Waals surface area contributed by atoms with Crippen LogP contribution in [0.25, 0.3) is 0 Å². The lowest BCUT2D eigenvalue weighted by molar-refractivity contribution is 0.423. The van der Waals surface area contributed by atoms with E-state index in [9.17, 15) is 5.11 Å². The molecule has 2 aromatic carbocycles. The van der Waals surface area contributed by atoms with Gasteiger partial charge in [0, 0.05) is 0 Å². The molecule has 0 fully saturated rings. The third-order valence-corrected chi connectivity index (χ3v) is 4.90. The Labute approximate surface area is 147 Å². The van der Waals surface area contributed by atoms with E-state index < -0.39 is 0 Å². The molecule has 1 N–H and O–H groups in total. The highest BCUT2D eigenvalue weighted by Gasteiger charge is 2.26. The fourth-order valence-corrected chi connectivity index (χ4v) is 3.16. The molecule has 0 bridgehead atoms. The second-order valence-corrected chi connectivity index (χ2v) is 9.08. The van der Waals surface area contributed by atoms with Crippen molar-refractivity contribution in [2.24, 2.45) is 0 Å². The molecule has 0 atom stereocenters. The van der Waals surface area contributed by atoms with Crippen LogP contribution in [0.1, 0.15) is 74.9 Å².